The first-order valence-corrected chi connectivity index (χ1v) is 11.1. The molecular formula is C23H30N6O2. The van der Waals surface area contributed by atoms with Crippen LogP contribution in [-0.2, 0) is 17.8 Å². The molecule has 1 aromatic heterocycles. The smallest absolute Gasteiger partial charge is 0.267 e. The lowest BCUT2D eigenvalue weighted by Gasteiger charge is -2.33. The van der Waals surface area contributed by atoms with Crippen molar-refractivity contribution in [2.75, 3.05) is 16.8 Å². The van der Waals surface area contributed by atoms with Crippen molar-refractivity contribution in [2.45, 2.75) is 64.1 Å². The summed E-state index contributed by atoms with van der Waals surface area (Å²) in [6.45, 7) is 3.25. The van der Waals surface area contributed by atoms with Crippen molar-refractivity contribution < 1.29 is 9.59 Å². The Morgan fingerprint density at radius 2 is 2.06 bits per heavy atom. The van der Waals surface area contributed by atoms with E-state index in [0.29, 0.717) is 30.6 Å². The summed E-state index contributed by atoms with van der Waals surface area (Å²) in [4.78, 5) is 33.6. The number of hydrogen-bond donors (Lipinski definition) is 3. The Balaban J connectivity index is 1.59. The van der Waals surface area contributed by atoms with Crippen LogP contribution in [0.25, 0.3) is 0 Å². The van der Waals surface area contributed by atoms with Gasteiger partial charge in [-0.1, -0.05) is 37.5 Å². The van der Waals surface area contributed by atoms with Crippen LogP contribution in [0.4, 0.5) is 11.8 Å². The molecule has 4 rings (SSSR count). The van der Waals surface area contributed by atoms with Crippen LogP contribution < -0.4 is 21.3 Å². The van der Waals surface area contributed by atoms with Crippen molar-refractivity contribution in [3.8, 4) is 0 Å². The van der Waals surface area contributed by atoms with Crippen molar-refractivity contribution in [3.63, 3.8) is 0 Å². The molecule has 0 radical (unpaired) electrons. The molecule has 2 heterocycles. The summed E-state index contributed by atoms with van der Waals surface area (Å²) in [6.07, 6.45) is 7.75. The number of nitrogens with one attached hydrogen (secondary N) is 2. The Bertz CT molecular complexity index is 957. The first-order valence-electron chi connectivity index (χ1n) is 11.1. The van der Waals surface area contributed by atoms with E-state index in [1.807, 2.05) is 0 Å². The number of hydrogen-bond acceptors (Lipinski definition) is 6. The largest absolute Gasteiger partial charge is 0.364 e. The van der Waals surface area contributed by atoms with Gasteiger partial charge in [0, 0.05) is 19.2 Å². The van der Waals surface area contributed by atoms with E-state index < -0.39 is 5.91 Å². The standard InChI is InChI=1S/C23H30N6O2/c1-15(25-14-30)26-21-12-20(22(24)31)27-23(28-21)29-11-10-19-17(13-29)8-5-9-18(19)16-6-3-2-4-7-16/h5,8-9,12,14-16H,2-4,6-7,10-11,13H2,1H3,(H2,24,31)(H,25,30)(H,26,27,28)/t15-/m0/s1. The summed E-state index contributed by atoms with van der Waals surface area (Å²) in [5.74, 6) is 0.972. The summed E-state index contributed by atoms with van der Waals surface area (Å²) in [5, 5.41) is 5.67. The number of carbonyl (C=O) groups excluding carboxylic acids is 2. The van der Waals surface area contributed by atoms with E-state index in [0.717, 1.165) is 13.0 Å². The third-order valence-corrected chi connectivity index (χ3v) is 6.28. The zero-order valence-electron chi connectivity index (χ0n) is 17.9. The Morgan fingerprint density at radius 3 is 2.81 bits per heavy atom. The lowest BCUT2D eigenvalue weighted by atomic mass is 9.79. The number of aromatic nitrogens is 2. The molecule has 164 valence electrons. The normalized spacial score (nSPS) is 17.5. The van der Waals surface area contributed by atoms with E-state index >= 15 is 0 Å². The summed E-state index contributed by atoms with van der Waals surface area (Å²) in [6, 6.07) is 8.15. The SMILES string of the molecule is C[C@@H](NC=O)Nc1cc(C(N)=O)nc(N2CCc3c(cccc3C3CCCCC3)C2)n1. The number of nitrogens with two attached hydrogens (primary N) is 1. The number of carbonyl (C=O) groups is 2. The van der Waals surface area contributed by atoms with Gasteiger partial charge in [0.25, 0.3) is 5.91 Å². The zero-order chi connectivity index (χ0) is 21.8. The highest BCUT2D eigenvalue weighted by molar-refractivity contribution is 5.91. The van der Waals surface area contributed by atoms with Gasteiger partial charge < -0.3 is 21.3 Å². The molecular weight excluding hydrogens is 392 g/mol. The van der Waals surface area contributed by atoms with Gasteiger partial charge in [-0.15, -0.1) is 0 Å². The van der Waals surface area contributed by atoms with Crippen LogP contribution in [0, 0.1) is 0 Å². The van der Waals surface area contributed by atoms with Gasteiger partial charge in [-0.2, -0.15) is 4.98 Å². The second kappa shape index (κ2) is 9.32. The molecule has 0 saturated heterocycles. The number of primary amides is 1. The molecule has 4 N–H and O–H groups in total. The summed E-state index contributed by atoms with van der Waals surface area (Å²) < 4.78 is 0. The maximum absolute atomic E-state index is 11.8. The van der Waals surface area contributed by atoms with Gasteiger partial charge >= 0.3 is 0 Å². The van der Waals surface area contributed by atoms with Crippen molar-refractivity contribution in [3.05, 3.63) is 46.6 Å². The third kappa shape index (κ3) is 4.78. The maximum atomic E-state index is 11.8. The molecule has 0 spiro atoms. The van der Waals surface area contributed by atoms with Crippen LogP contribution in [0.3, 0.4) is 0 Å². The number of amides is 2. The van der Waals surface area contributed by atoms with E-state index in [4.69, 9.17) is 5.73 Å². The molecule has 0 bridgehead atoms. The highest BCUT2D eigenvalue weighted by Gasteiger charge is 2.25. The minimum Gasteiger partial charge on any atom is -0.364 e. The third-order valence-electron chi connectivity index (χ3n) is 6.28. The van der Waals surface area contributed by atoms with Gasteiger partial charge in [-0.05, 0) is 48.8 Å². The highest BCUT2D eigenvalue weighted by atomic mass is 16.1. The molecule has 2 amide bonds. The molecule has 8 heteroatoms. The number of nitrogens with zero attached hydrogens (tertiary/aromatic N) is 3. The molecule has 1 atom stereocenters. The van der Waals surface area contributed by atoms with Crippen molar-refractivity contribution in [2.24, 2.45) is 5.73 Å². The molecule has 2 aromatic rings. The molecule has 1 fully saturated rings. The van der Waals surface area contributed by atoms with Crippen LogP contribution in [-0.4, -0.2) is 35.0 Å². The lowest BCUT2D eigenvalue weighted by Crippen LogP contribution is -2.35. The van der Waals surface area contributed by atoms with Gasteiger partial charge in [0.15, 0.2) is 0 Å². The Hall–Kier alpha value is -3.16. The molecule has 1 aromatic carbocycles. The number of benzene rings is 1. The number of fused-ring (bicyclic) bond motifs is 1. The molecule has 1 aliphatic carbocycles. The zero-order valence-corrected chi connectivity index (χ0v) is 17.9. The fraction of sp³-hybridized carbons (Fsp3) is 0.478. The Kier molecular flexibility index (Phi) is 6.34. The molecule has 31 heavy (non-hydrogen) atoms. The molecule has 1 aliphatic heterocycles. The Morgan fingerprint density at radius 1 is 1.26 bits per heavy atom. The van der Waals surface area contributed by atoms with Crippen molar-refractivity contribution >= 4 is 24.1 Å². The first-order chi connectivity index (χ1) is 15.0. The second-order valence-corrected chi connectivity index (χ2v) is 8.44. The highest BCUT2D eigenvalue weighted by Crippen LogP contribution is 2.37. The lowest BCUT2D eigenvalue weighted by molar-refractivity contribution is -0.109. The van der Waals surface area contributed by atoms with E-state index in [2.05, 4.69) is 43.7 Å². The summed E-state index contributed by atoms with van der Waals surface area (Å²) in [7, 11) is 0. The molecule has 0 unspecified atom stereocenters. The minimum absolute atomic E-state index is 0.146. The van der Waals surface area contributed by atoms with Crippen LogP contribution in [0.1, 0.15) is 72.1 Å². The van der Waals surface area contributed by atoms with E-state index in [9.17, 15) is 9.59 Å². The fourth-order valence-electron chi connectivity index (χ4n) is 4.75. The second-order valence-electron chi connectivity index (χ2n) is 8.44. The van der Waals surface area contributed by atoms with Gasteiger partial charge in [-0.25, -0.2) is 4.98 Å². The first kappa shape index (κ1) is 21.1. The predicted molar refractivity (Wildman–Crippen MR) is 120 cm³/mol. The molecule has 2 aliphatic rings. The molecule has 1 saturated carbocycles. The predicted octanol–water partition coefficient (Wildman–Crippen LogP) is 2.69. The topological polar surface area (TPSA) is 113 Å². The number of anilines is 2. The monoisotopic (exact) mass is 422 g/mol. The summed E-state index contributed by atoms with van der Waals surface area (Å²) >= 11 is 0. The van der Waals surface area contributed by atoms with Crippen LogP contribution in [0.5, 0.6) is 0 Å². The molecule has 8 nitrogen and oxygen atoms in total. The quantitative estimate of drug-likeness (QED) is 0.467. The van der Waals surface area contributed by atoms with Crippen molar-refractivity contribution in [1.82, 2.24) is 15.3 Å². The van der Waals surface area contributed by atoms with Gasteiger partial charge in [0.2, 0.25) is 12.4 Å². The van der Waals surface area contributed by atoms with Gasteiger partial charge in [0.05, 0.1) is 6.17 Å². The summed E-state index contributed by atoms with van der Waals surface area (Å²) in [5.41, 5.74) is 9.93. The minimum atomic E-state index is -0.611. The maximum Gasteiger partial charge on any atom is 0.267 e. The van der Waals surface area contributed by atoms with E-state index in [-0.39, 0.29) is 11.9 Å². The van der Waals surface area contributed by atoms with Gasteiger partial charge in [0.1, 0.15) is 11.5 Å². The van der Waals surface area contributed by atoms with Crippen LogP contribution >= 0.6 is 0 Å². The fourth-order valence-corrected chi connectivity index (χ4v) is 4.75. The van der Waals surface area contributed by atoms with E-state index in [1.54, 1.807) is 6.92 Å². The van der Waals surface area contributed by atoms with Crippen LogP contribution in [0.15, 0.2) is 24.3 Å². The van der Waals surface area contributed by atoms with Gasteiger partial charge in [-0.3, -0.25) is 9.59 Å². The van der Waals surface area contributed by atoms with Crippen LogP contribution in [0.2, 0.25) is 0 Å². The van der Waals surface area contributed by atoms with Crippen molar-refractivity contribution in [1.29, 1.82) is 0 Å². The average Bonchev–Trinajstić information content (AvgIpc) is 2.78. The number of rotatable bonds is 7. The van der Waals surface area contributed by atoms with E-state index in [1.165, 1.54) is 54.9 Å². The average molecular weight is 423 g/mol. The Labute approximate surface area is 182 Å².